The molecule has 4 nitrogen and oxygen atoms in total. The molecule has 106 valence electrons. The summed E-state index contributed by atoms with van der Waals surface area (Å²) in [7, 11) is 0. The summed E-state index contributed by atoms with van der Waals surface area (Å²) in [6.45, 7) is 1.93. The van der Waals surface area contributed by atoms with Gasteiger partial charge in [0.2, 0.25) is 0 Å². The number of nitrogens with zero attached hydrogens (tertiary/aromatic N) is 1. The predicted molar refractivity (Wildman–Crippen MR) is 82.5 cm³/mol. The molecular weight excluding hydrogens is 294 g/mol. The van der Waals surface area contributed by atoms with Crippen molar-refractivity contribution in [2.75, 3.05) is 6.61 Å². The summed E-state index contributed by atoms with van der Waals surface area (Å²) < 4.78 is 0.0228. The highest BCUT2D eigenvalue weighted by molar-refractivity contribution is 8.13. The molecule has 6 heteroatoms. The Labute approximate surface area is 125 Å². The Kier molecular flexibility index (Phi) is 3.35. The Balaban J connectivity index is 0.000000373. The summed E-state index contributed by atoms with van der Waals surface area (Å²) in [6, 6.07) is 10.3. The molecule has 0 aromatic heterocycles. The lowest BCUT2D eigenvalue weighted by Gasteiger charge is -2.14. The fourth-order valence-electron chi connectivity index (χ4n) is 2.66. The van der Waals surface area contributed by atoms with E-state index in [4.69, 9.17) is 5.11 Å². The van der Waals surface area contributed by atoms with E-state index in [9.17, 15) is 10.1 Å². The van der Waals surface area contributed by atoms with Crippen molar-refractivity contribution in [3.05, 3.63) is 58.2 Å². The highest BCUT2D eigenvalue weighted by atomic mass is 32.2. The molecule has 1 aromatic rings. The highest BCUT2D eigenvalue weighted by Crippen LogP contribution is 2.77. The minimum atomic E-state index is -0.799. The molecule has 0 spiro atoms. The van der Waals surface area contributed by atoms with Crippen molar-refractivity contribution >= 4 is 23.5 Å². The van der Waals surface area contributed by atoms with Crippen molar-refractivity contribution in [2.24, 2.45) is 0 Å². The first kappa shape index (κ1) is 14.0. The number of hydrogen-bond acceptors (Lipinski definition) is 5. The summed E-state index contributed by atoms with van der Waals surface area (Å²) in [5, 5.41) is 19.2. The van der Waals surface area contributed by atoms with Gasteiger partial charge in [-0.05, 0) is 12.5 Å². The van der Waals surface area contributed by atoms with Crippen LogP contribution in [0.2, 0.25) is 0 Å². The largest absolute Gasteiger partial charge is 0.397 e. The Hall–Kier alpha value is -0.980. The van der Waals surface area contributed by atoms with Crippen LogP contribution in [0.5, 0.6) is 0 Å². The molecule has 2 fully saturated rings. The maximum atomic E-state index is 11.0. The zero-order valence-corrected chi connectivity index (χ0v) is 12.6. The molecule has 1 N–H and O–H groups in total. The Morgan fingerprint density at radius 1 is 1.25 bits per heavy atom. The third-order valence-corrected chi connectivity index (χ3v) is 7.09. The number of hydrogen-bond donors (Lipinski definition) is 1. The number of fused-ring (bicyclic) bond motifs is 3. The van der Waals surface area contributed by atoms with Gasteiger partial charge >= 0.3 is 0 Å². The van der Waals surface area contributed by atoms with E-state index in [2.05, 4.69) is 18.2 Å². The summed E-state index contributed by atoms with van der Waals surface area (Å²) >= 11 is 3.34. The SMILES string of the molecule is CCO.O=[N+]([O-])C12C=CC3(c4ccccc4)SC3C1S2. The van der Waals surface area contributed by atoms with Crippen LogP contribution in [0.3, 0.4) is 0 Å². The van der Waals surface area contributed by atoms with E-state index in [1.54, 1.807) is 6.92 Å². The Morgan fingerprint density at radius 3 is 2.50 bits per heavy atom. The average Bonchev–Trinajstić information content (AvgIpc) is 3.32. The average molecular weight is 309 g/mol. The monoisotopic (exact) mass is 309 g/mol. The molecule has 1 aromatic carbocycles. The van der Waals surface area contributed by atoms with E-state index in [1.807, 2.05) is 36.0 Å². The fraction of sp³-hybridized carbons (Fsp3) is 0.429. The van der Waals surface area contributed by atoms with Gasteiger partial charge in [0.1, 0.15) is 5.25 Å². The molecule has 4 atom stereocenters. The van der Waals surface area contributed by atoms with Gasteiger partial charge in [-0.15, -0.1) is 11.8 Å². The van der Waals surface area contributed by atoms with Gasteiger partial charge in [0.25, 0.3) is 4.87 Å². The molecular formula is C14H15NO3S2. The normalized spacial score (nSPS) is 38.9. The molecule has 20 heavy (non-hydrogen) atoms. The third-order valence-electron chi connectivity index (χ3n) is 3.71. The molecule has 3 aliphatic rings. The van der Waals surface area contributed by atoms with Crippen LogP contribution in [0.25, 0.3) is 0 Å². The molecule has 0 radical (unpaired) electrons. The lowest BCUT2D eigenvalue weighted by molar-refractivity contribution is -0.513. The van der Waals surface area contributed by atoms with Gasteiger partial charge in [0, 0.05) is 22.9 Å². The Morgan fingerprint density at radius 2 is 1.90 bits per heavy atom. The van der Waals surface area contributed by atoms with Gasteiger partial charge in [-0.25, -0.2) is 0 Å². The van der Waals surface area contributed by atoms with Crippen LogP contribution in [0.1, 0.15) is 12.5 Å². The number of aliphatic hydroxyl groups is 1. The van der Waals surface area contributed by atoms with Gasteiger partial charge in [-0.2, -0.15) is 0 Å². The van der Waals surface area contributed by atoms with E-state index >= 15 is 0 Å². The first-order chi connectivity index (χ1) is 9.60. The van der Waals surface area contributed by atoms with Crippen molar-refractivity contribution in [3.8, 4) is 0 Å². The maximum Gasteiger partial charge on any atom is 0.299 e. The first-order valence-corrected chi connectivity index (χ1v) is 8.23. The molecule has 4 rings (SSSR count). The molecule has 0 amide bonds. The fourth-order valence-corrected chi connectivity index (χ4v) is 5.83. The third kappa shape index (κ3) is 1.89. The van der Waals surface area contributed by atoms with Gasteiger partial charge in [0.15, 0.2) is 0 Å². The molecule has 1 aliphatic carbocycles. The van der Waals surface area contributed by atoms with E-state index in [-0.39, 0.29) is 21.5 Å². The quantitative estimate of drug-likeness (QED) is 0.394. The summed E-state index contributed by atoms with van der Waals surface area (Å²) in [6.07, 6.45) is 3.86. The number of aliphatic hydroxyl groups excluding tert-OH is 1. The van der Waals surface area contributed by atoms with Crippen LogP contribution in [-0.2, 0) is 4.75 Å². The number of nitro groups is 1. The molecule has 4 unspecified atom stereocenters. The van der Waals surface area contributed by atoms with Gasteiger partial charge in [-0.1, -0.05) is 48.2 Å². The second-order valence-corrected chi connectivity index (χ2v) is 7.71. The van der Waals surface area contributed by atoms with Crippen molar-refractivity contribution in [3.63, 3.8) is 0 Å². The first-order valence-electron chi connectivity index (χ1n) is 6.47. The second-order valence-electron chi connectivity index (χ2n) is 4.89. The van der Waals surface area contributed by atoms with Crippen LogP contribution in [0.15, 0.2) is 42.5 Å². The zero-order chi connectivity index (χ0) is 14.4. The van der Waals surface area contributed by atoms with Crippen LogP contribution >= 0.6 is 23.5 Å². The van der Waals surface area contributed by atoms with Crippen molar-refractivity contribution in [1.82, 2.24) is 0 Å². The van der Waals surface area contributed by atoms with E-state index in [0.717, 1.165) is 0 Å². The summed E-state index contributed by atoms with van der Waals surface area (Å²) in [5.41, 5.74) is 1.27. The lowest BCUT2D eigenvalue weighted by Crippen LogP contribution is -2.31. The van der Waals surface area contributed by atoms with E-state index in [0.29, 0.717) is 5.25 Å². The smallest absolute Gasteiger partial charge is 0.299 e. The topological polar surface area (TPSA) is 63.4 Å². The van der Waals surface area contributed by atoms with Crippen molar-refractivity contribution in [2.45, 2.75) is 27.0 Å². The predicted octanol–water partition coefficient (Wildman–Crippen LogP) is 2.65. The summed E-state index contributed by atoms with van der Waals surface area (Å²) in [4.78, 5) is 10.1. The minimum absolute atomic E-state index is 0.0228. The molecule has 0 saturated carbocycles. The van der Waals surface area contributed by atoms with Crippen molar-refractivity contribution in [1.29, 1.82) is 0 Å². The highest BCUT2D eigenvalue weighted by Gasteiger charge is 2.80. The van der Waals surface area contributed by atoms with Crippen LogP contribution in [-0.4, -0.2) is 32.0 Å². The molecule has 2 heterocycles. The van der Waals surface area contributed by atoms with Gasteiger partial charge in [0.05, 0.1) is 4.75 Å². The number of rotatable bonds is 2. The van der Waals surface area contributed by atoms with Crippen LogP contribution in [0, 0.1) is 10.1 Å². The standard InChI is InChI=1S/C12H9NO2S2.C2H6O/c14-13(15)12-7-6-11(8-4-2-1-3-5-8)9(16-11)10(12)17-12;1-2-3/h1-7,9-10H;3H,2H2,1H3. The van der Waals surface area contributed by atoms with E-state index < -0.39 is 4.87 Å². The number of thioether (sulfide) groups is 2. The zero-order valence-electron chi connectivity index (χ0n) is 10.9. The van der Waals surface area contributed by atoms with Crippen LogP contribution < -0.4 is 0 Å². The Bertz CT molecular complexity index is 565. The number of benzene rings is 1. The van der Waals surface area contributed by atoms with Gasteiger partial charge in [-0.3, -0.25) is 10.1 Å². The molecule has 2 saturated heterocycles. The van der Waals surface area contributed by atoms with Gasteiger partial charge < -0.3 is 5.11 Å². The molecule has 0 bridgehead atoms. The van der Waals surface area contributed by atoms with Crippen LogP contribution in [0.4, 0.5) is 0 Å². The van der Waals surface area contributed by atoms with Crippen molar-refractivity contribution < 1.29 is 10.0 Å². The van der Waals surface area contributed by atoms with E-state index in [1.165, 1.54) is 17.3 Å². The molecule has 2 aliphatic heterocycles. The maximum absolute atomic E-state index is 11.0. The minimum Gasteiger partial charge on any atom is -0.397 e. The lowest BCUT2D eigenvalue weighted by atomic mass is 9.87. The second kappa shape index (κ2) is 4.79. The summed E-state index contributed by atoms with van der Waals surface area (Å²) in [5.74, 6) is 0.